The van der Waals surface area contributed by atoms with E-state index in [9.17, 15) is 9.18 Å². The number of rotatable bonds is 2. The van der Waals surface area contributed by atoms with Crippen LogP contribution in [0, 0.1) is 19.7 Å². The molecule has 7 nitrogen and oxygen atoms in total. The summed E-state index contributed by atoms with van der Waals surface area (Å²) in [6, 6.07) is 6.23. The third-order valence-corrected chi connectivity index (χ3v) is 5.77. The van der Waals surface area contributed by atoms with Crippen LogP contribution in [0.4, 0.5) is 20.1 Å². The van der Waals surface area contributed by atoms with Crippen molar-refractivity contribution in [3.05, 3.63) is 41.3 Å². The minimum absolute atomic E-state index is 0.00285. The molecule has 1 aliphatic rings. The zero-order chi connectivity index (χ0) is 19.8. The van der Waals surface area contributed by atoms with Gasteiger partial charge in [0.15, 0.2) is 10.9 Å². The summed E-state index contributed by atoms with van der Waals surface area (Å²) in [7, 11) is 0. The first-order valence-electron chi connectivity index (χ1n) is 9.10. The van der Waals surface area contributed by atoms with Gasteiger partial charge in [-0.25, -0.2) is 14.2 Å². The van der Waals surface area contributed by atoms with Crippen LogP contribution in [0.3, 0.4) is 0 Å². The van der Waals surface area contributed by atoms with Crippen LogP contribution in [-0.4, -0.2) is 51.8 Å². The topological polar surface area (TPSA) is 74.2 Å². The average Bonchev–Trinajstić information content (AvgIpc) is 3.02. The molecule has 0 radical (unpaired) electrons. The van der Waals surface area contributed by atoms with Crippen molar-refractivity contribution in [1.29, 1.82) is 0 Å². The van der Waals surface area contributed by atoms with Gasteiger partial charge in [-0.2, -0.15) is 5.10 Å². The predicted octanol–water partition coefficient (Wildman–Crippen LogP) is 3.58. The molecule has 4 rings (SSSR count). The van der Waals surface area contributed by atoms with E-state index in [1.807, 2.05) is 26.8 Å². The molecule has 9 heteroatoms. The maximum Gasteiger partial charge on any atom is 0.324 e. The second kappa shape index (κ2) is 7.31. The number of anilines is 2. The number of aromatic nitrogens is 3. The molecule has 1 aromatic carbocycles. The van der Waals surface area contributed by atoms with E-state index in [4.69, 9.17) is 0 Å². The van der Waals surface area contributed by atoms with E-state index in [1.54, 1.807) is 11.0 Å². The number of nitrogens with zero attached hydrogens (tertiary/aromatic N) is 5. The standard InChI is InChI=1S/C19H21FN6OS/c1-11-8-12(2)23-24-17(11)25-6-7-26(13(3)10-25)19(27)22-18-21-15-5-4-14(20)9-16(15)28-18/h4-5,8-9,13H,6-7,10H2,1-3H3,(H,21,22,27)/t13-/m1/s1. The maximum absolute atomic E-state index is 13.3. The van der Waals surface area contributed by atoms with Gasteiger partial charge in [0.25, 0.3) is 0 Å². The number of hydrogen-bond donors (Lipinski definition) is 1. The van der Waals surface area contributed by atoms with Crippen LogP contribution in [0.15, 0.2) is 24.3 Å². The molecule has 0 unspecified atom stereocenters. The van der Waals surface area contributed by atoms with Gasteiger partial charge in [0.2, 0.25) is 0 Å². The lowest BCUT2D eigenvalue weighted by molar-refractivity contribution is 0.184. The fourth-order valence-electron chi connectivity index (χ4n) is 3.49. The number of nitrogens with one attached hydrogen (secondary N) is 1. The highest BCUT2D eigenvalue weighted by molar-refractivity contribution is 7.22. The fraction of sp³-hybridized carbons (Fsp3) is 0.368. The van der Waals surface area contributed by atoms with E-state index < -0.39 is 0 Å². The lowest BCUT2D eigenvalue weighted by atomic mass is 10.1. The highest BCUT2D eigenvalue weighted by atomic mass is 32.1. The van der Waals surface area contributed by atoms with Crippen molar-refractivity contribution < 1.29 is 9.18 Å². The summed E-state index contributed by atoms with van der Waals surface area (Å²) in [5.41, 5.74) is 2.65. The Balaban J connectivity index is 1.44. The number of piperazine rings is 1. The Morgan fingerprint density at radius 3 is 2.82 bits per heavy atom. The maximum atomic E-state index is 13.3. The van der Waals surface area contributed by atoms with Crippen molar-refractivity contribution in [2.45, 2.75) is 26.8 Å². The van der Waals surface area contributed by atoms with Crippen LogP contribution in [-0.2, 0) is 0 Å². The zero-order valence-electron chi connectivity index (χ0n) is 15.9. The third kappa shape index (κ3) is 3.62. The van der Waals surface area contributed by atoms with Crippen molar-refractivity contribution in [2.24, 2.45) is 0 Å². The molecule has 3 heterocycles. The first-order valence-corrected chi connectivity index (χ1v) is 9.92. The van der Waals surface area contributed by atoms with E-state index in [1.165, 1.54) is 23.5 Å². The molecule has 2 aromatic heterocycles. The number of amides is 2. The number of carbonyl (C=O) groups excluding carboxylic acids is 1. The molecule has 0 aliphatic carbocycles. The number of urea groups is 1. The van der Waals surface area contributed by atoms with Crippen LogP contribution >= 0.6 is 11.3 Å². The fourth-order valence-corrected chi connectivity index (χ4v) is 4.37. The summed E-state index contributed by atoms with van der Waals surface area (Å²) < 4.78 is 14.1. The Bertz CT molecular complexity index is 1040. The van der Waals surface area contributed by atoms with Crippen molar-refractivity contribution in [1.82, 2.24) is 20.1 Å². The predicted molar refractivity (Wildman–Crippen MR) is 108 cm³/mol. The van der Waals surface area contributed by atoms with E-state index in [0.29, 0.717) is 35.0 Å². The van der Waals surface area contributed by atoms with Crippen molar-refractivity contribution in [3.8, 4) is 0 Å². The Labute approximate surface area is 166 Å². The molecular weight excluding hydrogens is 379 g/mol. The Kier molecular flexibility index (Phi) is 4.84. The van der Waals surface area contributed by atoms with Gasteiger partial charge in [-0.15, -0.1) is 5.10 Å². The van der Waals surface area contributed by atoms with Gasteiger partial charge in [0.05, 0.1) is 15.9 Å². The molecule has 1 atom stereocenters. The lowest BCUT2D eigenvalue weighted by Crippen LogP contribution is -2.55. The number of halogens is 1. The normalized spacial score (nSPS) is 17.2. The van der Waals surface area contributed by atoms with Crippen molar-refractivity contribution >= 4 is 38.5 Å². The summed E-state index contributed by atoms with van der Waals surface area (Å²) in [4.78, 5) is 21.1. The Hall–Kier alpha value is -2.81. The summed E-state index contributed by atoms with van der Waals surface area (Å²) in [6.45, 7) is 7.89. The second-order valence-electron chi connectivity index (χ2n) is 7.04. The Morgan fingerprint density at radius 1 is 1.25 bits per heavy atom. The minimum atomic E-state index is -0.312. The monoisotopic (exact) mass is 400 g/mol. The van der Waals surface area contributed by atoms with Crippen LogP contribution in [0.2, 0.25) is 0 Å². The molecule has 0 spiro atoms. The number of aryl methyl sites for hydroxylation is 2. The Morgan fingerprint density at radius 2 is 2.07 bits per heavy atom. The molecule has 2 amide bonds. The number of thiazole rings is 1. The largest absolute Gasteiger partial charge is 0.351 e. The smallest absolute Gasteiger partial charge is 0.324 e. The molecule has 1 aliphatic heterocycles. The molecule has 1 N–H and O–H groups in total. The van der Waals surface area contributed by atoms with Gasteiger partial charge in [-0.1, -0.05) is 11.3 Å². The van der Waals surface area contributed by atoms with Crippen molar-refractivity contribution in [3.63, 3.8) is 0 Å². The van der Waals surface area contributed by atoms with Crippen LogP contribution in [0.25, 0.3) is 10.2 Å². The third-order valence-electron chi connectivity index (χ3n) is 4.83. The summed E-state index contributed by atoms with van der Waals surface area (Å²) in [6.07, 6.45) is 0. The first-order chi connectivity index (χ1) is 13.4. The molecule has 28 heavy (non-hydrogen) atoms. The van der Waals surface area contributed by atoms with E-state index in [-0.39, 0.29) is 17.9 Å². The molecule has 0 saturated carbocycles. The quantitative estimate of drug-likeness (QED) is 0.712. The molecular formula is C19H21FN6OS. The molecule has 146 valence electrons. The summed E-state index contributed by atoms with van der Waals surface area (Å²) >= 11 is 1.27. The van der Waals surface area contributed by atoms with Crippen LogP contribution in [0.1, 0.15) is 18.2 Å². The zero-order valence-corrected chi connectivity index (χ0v) is 16.8. The second-order valence-corrected chi connectivity index (χ2v) is 8.07. The molecule has 0 bridgehead atoms. The van der Waals surface area contributed by atoms with Crippen LogP contribution < -0.4 is 10.2 Å². The van der Waals surface area contributed by atoms with Gasteiger partial charge in [0, 0.05) is 25.7 Å². The molecule has 1 fully saturated rings. The number of fused-ring (bicyclic) bond motifs is 1. The van der Waals surface area contributed by atoms with Crippen molar-refractivity contribution in [2.75, 3.05) is 29.9 Å². The molecule has 1 saturated heterocycles. The van der Waals surface area contributed by atoms with Gasteiger partial charge in [-0.3, -0.25) is 5.32 Å². The highest BCUT2D eigenvalue weighted by Gasteiger charge is 2.29. The lowest BCUT2D eigenvalue weighted by Gasteiger charge is -2.40. The van der Waals surface area contributed by atoms with Gasteiger partial charge in [-0.05, 0) is 50.6 Å². The van der Waals surface area contributed by atoms with Gasteiger partial charge < -0.3 is 9.80 Å². The first kappa shape index (κ1) is 18.5. The summed E-state index contributed by atoms with van der Waals surface area (Å²) in [5, 5.41) is 11.8. The van der Waals surface area contributed by atoms with E-state index in [0.717, 1.165) is 17.1 Å². The number of hydrogen-bond acceptors (Lipinski definition) is 6. The minimum Gasteiger partial charge on any atom is -0.351 e. The SMILES string of the molecule is Cc1cc(C)c(N2CCN(C(=O)Nc3nc4ccc(F)cc4s3)[C@H](C)C2)nn1. The summed E-state index contributed by atoms with van der Waals surface area (Å²) in [5.74, 6) is 0.555. The highest BCUT2D eigenvalue weighted by Crippen LogP contribution is 2.27. The molecule has 3 aromatic rings. The van der Waals surface area contributed by atoms with Gasteiger partial charge >= 0.3 is 6.03 Å². The average molecular weight is 400 g/mol. The number of carbonyl (C=O) groups is 1. The van der Waals surface area contributed by atoms with E-state index in [2.05, 4.69) is 25.4 Å². The van der Waals surface area contributed by atoms with E-state index >= 15 is 0 Å². The number of benzene rings is 1. The van der Waals surface area contributed by atoms with Crippen LogP contribution in [0.5, 0.6) is 0 Å². The van der Waals surface area contributed by atoms with Gasteiger partial charge in [0.1, 0.15) is 5.82 Å².